The van der Waals surface area contributed by atoms with Crippen LogP contribution in [0.2, 0.25) is 0 Å². The van der Waals surface area contributed by atoms with Crippen LogP contribution in [-0.2, 0) is 0 Å². The van der Waals surface area contributed by atoms with Gasteiger partial charge in [0.25, 0.3) is 0 Å². The first-order valence-corrected chi connectivity index (χ1v) is 4.62. The van der Waals surface area contributed by atoms with Gasteiger partial charge in [0.05, 0.1) is 5.69 Å². The van der Waals surface area contributed by atoms with E-state index < -0.39 is 0 Å². The third-order valence-electron chi connectivity index (χ3n) is 2.21. The van der Waals surface area contributed by atoms with Crippen LogP contribution in [-0.4, -0.2) is 29.3 Å². The molecule has 13 heavy (non-hydrogen) atoms. The smallest absolute Gasteiger partial charge is 0.148 e. The number of anilines is 1. The van der Waals surface area contributed by atoms with Crippen molar-refractivity contribution < 1.29 is 0 Å². The van der Waals surface area contributed by atoms with Crippen molar-refractivity contribution in [3.63, 3.8) is 0 Å². The molecule has 1 aromatic heterocycles. The van der Waals surface area contributed by atoms with E-state index in [2.05, 4.69) is 20.8 Å². The van der Waals surface area contributed by atoms with E-state index in [1.807, 2.05) is 19.1 Å². The molecule has 0 bridgehead atoms. The van der Waals surface area contributed by atoms with E-state index in [4.69, 9.17) is 0 Å². The number of nitrogens with one attached hydrogen (secondary N) is 2. The van der Waals surface area contributed by atoms with Crippen LogP contribution in [0.4, 0.5) is 5.82 Å². The Balaban J connectivity index is 1.97. The molecule has 70 valence electrons. The average molecular weight is 178 g/mol. The molecule has 2 heterocycles. The molecular formula is C9H14N4. The van der Waals surface area contributed by atoms with Crippen LogP contribution < -0.4 is 10.6 Å². The zero-order chi connectivity index (χ0) is 9.10. The molecule has 1 aromatic rings. The van der Waals surface area contributed by atoms with Crippen molar-refractivity contribution in [2.75, 3.05) is 18.4 Å². The summed E-state index contributed by atoms with van der Waals surface area (Å²) in [5, 5.41) is 14.7. The molecule has 1 aliphatic rings. The zero-order valence-corrected chi connectivity index (χ0v) is 7.75. The van der Waals surface area contributed by atoms with Gasteiger partial charge in [-0.3, -0.25) is 0 Å². The van der Waals surface area contributed by atoms with Crippen molar-refractivity contribution in [1.29, 1.82) is 0 Å². The van der Waals surface area contributed by atoms with Crippen LogP contribution in [0, 0.1) is 6.92 Å². The number of aryl methyl sites for hydroxylation is 1. The maximum Gasteiger partial charge on any atom is 0.148 e. The molecule has 0 aliphatic carbocycles. The normalized spacial score (nSPS) is 21.8. The van der Waals surface area contributed by atoms with Gasteiger partial charge in [-0.05, 0) is 32.0 Å². The van der Waals surface area contributed by atoms with Gasteiger partial charge in [0.2, 0.25) is 0 Å². The minimum absolute atomic E-state index is 0.511. The van der Waals surface area contributed by atoms with E-state index in [1.165, 1.54) is 0 Å². The summed E-state index contributed by atoms with van der Waals surface area (Å²) in [5.74, 6) is 0.874. The first-order chi connectivity index (χ1) is 6.34. The van der Waals surface area contributed by atoms with Crippen molar-refractivity contribution in [2.24, 2.45) is 0 Å². The van der Waals surface area contributed by atoms with Crippen molar-refractivity contribution in [2.45, 2.75) is 19.4 Å². The molecule has 2 rings (SSSR count). The number of rotatable bonds is 2. The largest absolute Gasteiger partial charge is 0.365 e. The SMILES string of the molecule is Cc1ccc(N[C@@H]2CCNC2)nn1. The second kappa shape index (κ2) is 3.70. The standard InChI is InChI=1S/C9H14N4/c1-7-2-3-9(13-12-7)11-8-4-5-10-6-8/h2-3,8,10H,4-6H2,1H3,(H,11,13)/t8-/m1/s1. The van der Waals surface area contributed by atoms with E-state index in [0.717, 1.165) is 31.0 Å². The van der Waals surface area contributed by atoms with E-state index in [1.54, 1.807) is 0 Å². The average Bonchev–Trinajstić information content (AvgIpc) is 2.62. The summed E-state index contributed by atoms with van der Waals surface area (Å²) in [4.78, 5) is 0. The van der Waals surface area contributed by atoms with Gasteiger partial charge in [-0.2, -0.15) is 5.10 Å². The van der Waals surface area contributed by atoms with E-state index in [0.29, 0.717) is 6.04 Å². The predicted octanol–water partition coefficient (Wildman–Crippen LogP) is 0.559. The molecule has 0 amide bonds. The third kappa shape index (κ3) is 2.15. The molecule has 1 aliphatic heterocycles. The Bertz CT molecular complexity index is 263. The summed E-state index contributed by atoms with van der Waals surface area (Å²) < 4.78 is 0. The van der Waals surface area contributed by atoms with Crippen LogP contribution in [0.25, 0.3) is 0 Å². The highest BCUT2D eigenvalue weighted by Gasteiger charge is 2.13. The second-order valence-corrected chi connectivity index (χ2v) is 3.39. The zero-order valence-electron chi connectivity index (χ0n) is 7.75. The summed E-state index contributed by atoms with van der Waals surface area (Å²) in [6, 6.07) is 4.45. The fourth-order valence-corrected chi connectivity index (χ4v) is 1.46. The minimum atomic E-state index is 0.511. The molecule has 0 aromatic carbocycles. The molecule has 1 saturated heterocycles. The van der Waals surface area contributed by atoms with Crippen LogP contribution in [0.3, 0.4) is 0 Å². The molecule has 0 saturated carbocycles. The molecule has 2 N–H and O–H groups in total. The van der Waals surface area contributed by atoms with Gasteiger partial charge in [-0.15, -0.1) is 5.10 Å². The van der Waals surface area contributed by atoms with Crippen LogP contribution in [0.1, 0.15) is 12.1 Å². The maximum absolute atomic E-state index is 4.05. The lowest BCUT2D eigenvalue weighted by Crippen LogP contribution is -2.22. The Morgan fingerprint density at radius 1 is 1.46 bits per heavy atom. The Labute approximate surface area is 77.8 Å². The quantitative estimate of drug-likeness (QED) is 0.694. The van der Waals surface area contributed by atoms with Gasteiger partial charge in [0.15, 0.2) is 0 Å². The molecule has 4 heteroatoms. The van der Waals surface area contributed by atoms with Crippen molar-refractivity contribution >= 4 is 5.82 Å². The molecular weight excluding hydrogens is 164 g/mol. The summed E-state index contributed by atoms with van der Waals surface area (Å²) in [7, 11) is 0. The number of aromatic nitrogens is 2. The van der Waals surface area contributed by atoms with E-state index in [9.17, 15) is 0 Å². The summed E-state index contributed by atoms with van der Waals surface area (Å²) >= 11 is 0. The van der Waals surface area contributed by atoms with Crippen LogP contribution in [0.15, 0.2) is 12.1 Å². The fraction of sp³-hybridized carbons (Fsp3) is 0.556. The Morgan fingerprint density at radius 2 is 2.38 bits per heavy atom. The highest BCUT2D eigenvalue weighted by Crippen LogP contribution is 2.07. The monoisotopic (exact) mass is 178 g/mol. The summed E-state index contributed by atoms with van der Waals surface area (Å²) in [5.41, 5.74) is 0.954. The summed E-state index contributed by atoms with van der Waals surface area (Å²) in [6.07, 6.45) is 1.16. The van der Waals surface area contributed by atoms with Crippen molar-refractivity contribution in [3.8, 4) is 0 Å². The highest BCUT2D eigenvalue weighted by molar-refractivity contribution is 5.34. The van der Waals surface area contributed by atoms with Gasteiger partial charge < -0.3 is 10.6 Å². The van der Waals surface area contributed by atoms with Gasteiger partial charge in [-0.1, -0.05) is 0 Å². The topological polar surface area (TPSA) is 49.8 Å². The maximum atomic E-state index is 4.05. The van der Waals surface area contributed by atoms with Gasteiger partial charge in [-0.25, -0.2) is 0 Å². The molecule has 4 nitrogen and oxygen atoms in total. The predicted molar refractivity (Wildman–Crippen MR) is 51.7 cm³/mol. The van der Waals surface area contributed by atoms with Crippen molar-refractivity contribution in [3.05, 3.63) is 17.8 Å². The highest BCUT2D eigenvalue weighted by atomic mass is 15.2. The van der Waals surface area contributed by atoms with Crippen molar-refractivity contribution in [1.82, 2.24) is 15.5 Å². The van der Waals surface area contributed by atoms with E-state index in [-0.39, 0.29) is 0 Å². The van der Waals surface area contributed by atoms with Crippen LogP contribution in [0.5, 0.6) is 0 Å². The lowest BCUT2D eigenvalue weighted by molar-refractivity contribution is 0.781. The van der Waals surface area contributed by atoms with E-state index >= 15 is 0 Å². The molecule has 0 unspecified atom stereocenters. The number of nitrogens with zero attached hydrogens (tertiary/aromatic N) is 2. The first kappa shape index (κ1) is 8.44. The van der Waals surface area contributed by atoms with Gasteiger partial charge in [0.1, 0.15) is 5.82 Å². The Morgan fingerprint density at radius 3 is 3.00 bits per heavy atom. The second-order valence-electron chi connectivity index (χ2n) is 3.39. The first-order valence-electron chi connectivity index (χ1n) is 4.62. The molecule has 0 radical (unpaired) electrons. The minimum Gasteiger partial charge on any atom is -0.365 e. The molecule has 0 spiro atoms. The Hall–Kier alpha value is -1.16. The molecule has 1 atom stereocenters. The third-order valence-corrected chi connectivity index (χ3v) is 2.21. The Kier molecular flexibility index (Phi) is 2.40. The number of hydrogen-bond acceptors (Lipinski definition) is 4. The summed E-state index contributed by atoms with van der Waals surface area (Å²) in [6.45, 7) is 4.06. The fourth-order valence-electron chi connectivity index (χ4n) is 1.46. The lowest BCUT2D eigenvalue weighted by Gasteiger charge is -2.10. The lowest BCUT2D eigenvalue weighted by atomic mass is 10.2. The van der Waals surface area contributed by atoms with Crippen LogP contribution >= 0.6 is 0 Å². The van der Waals surface area contributed by atoms with Gasteiger partial charge >= 0.3 is 0 Å². The number of hydrogen-bond donors (Lipinski definition) is 2. The van der Waals surface area contributed by atoms with Gasteiger partial charge in [0, 0.05) is 12.6 Å². The molecule has 1 fully saturated rings.